The third-order valence-electron chi connectivity index (χ3n) is 5.04. The Morgan fingerprint density at radius 3 is 2.58 bits per heavy atom. The van der Waals surface area contributed by atoms with Crippen molar-refractivity contribution in [3.63, 3.8) is 0 Å². The number of amides is 1. The van der Waals surface area contributed by atoms with E-state index in [1.54, 1.807) is 30.3 Å². The van der Waals surface area contributed by atoms with Crippen LogP contribution in [0.4, 0.5) is 10.2 Å². The van der Waals surface area contributed by atoms with Gasteiger partial charge in [-0.25, -0.2) is 14.4 Å². The fourth-order valence-corrected chi connectivity index (χ4v) is 3.79. The van der Waals surface area contributed by atoms with E-state index in [4.69, 9.17) is 27.9 Å². The molecule has 4 rings (SSSR count). The smallest absolute Gasteiger partial charge is 0.254 e. The molecular weight excluding hydrogens is 442 g/mol. The maximum atomic E-state index is 13.2. The number of ether oxygens (including phenoxy) is 1. The van der Waals surface area contributed by atoms with Crippen molar-refractivity contribution >= 4 is 34.9 Å². The van der Waals surface area contributed by atoms with Crippen LogP contribution in [0.5, 0.6) is 11.6 Å². The number of hydrogen-bond donors (Lipinski definition) is 0. The van der Waals surface area contributed by atoms with E-state index in [-0.39, 0.29) is 17.0 Å². The third kappa shape index (κ3) is 4.89. The van der Waals surface area contributed by atoms with Crippen LogP contribution in [-0.4, -0.2) is 46.5 Å². The van der Waals surface area contributed by atoms with Crippen molar-refractivity contribution in [1.82, 2.24) is 14.9 Å². The molecule has 2 aromatic carbocycles. The first kappa shape index (κ1) is 21.3. The molecule has 0 unspecified atom stereocenters. The molecule has 1 aromatic heterocycles. The first-order valence-corrected chi connectivity index (χ1v) is 10.4. The summed E-state index contributed by atoms with van der Waals surface area (Å²) in [5, 5.41) is 0.751. The van der Waals surface area contributed by atoms with E-state index in [1.165, 1.54) is 24.5 Å². The monoisotopic (exact) mass is 460 g/mol. The van der Waals surface area contributed by atoms with E-state index in [9.17, 15) is 9.18 Å². The molecule has 0 N–H and O–H groups in total. The predicted octanol–water partition coefficient (Wildman–Crippen LogP) is 5.07. The Morgan fingerprint density at radius 2 is 1.87 bits per heavy atom. The van der Waals surface area contributed by atoms with Crippen LogP contribution < -0.4 is 9.64 Å². The number of aromatic nitrogens is 2. The van der Waals surface area contributed by atoms with Crippen molar-refractivity contribution in [1.29, 1.82) is 0 Å². The highest BCUT2D eigenvalue weighted by molar-refractivity contribution is 6.32. The van der Waals surface area contributed by atoms with Gasteiger partial charge >= 0.3 is 0 Å². The molecule has 6 nitrogen and oxygen atoms in total. The fraction of sp³-hybridized carbons (Fsp3) is 0.227. The summed E-state index contributed by atoms with van der Waals surface area (Å²) < 4.78 is 18.9. The Labute approximate surface area is 189 Å². The second kappa shape index (κ2) is 9.08. The SMILES string of the molecule is C[C@@H]1CN(c2cc(Oc3ccc(F)cc3Cl)ncn2)CCN1C(=O)c1ccc(Cl)cc1. The maximum Gasteiger partial charge on any atom is 0.254 e. The topological polar surface area (TPSA) is 58.6 Å². The second-order valence-corrected chi connectivity index (χ2v) is 8.04. The molecule has 1 amide bonds. The Balaban J connectivity index is 1.45. The number of carbonyl (C=O) groups excluding carboxylic acids is 1. The lowest BCUT2D eigenvalue weighted by Gasteiger charge is -2.40. The van der Waals surface area contributed by atoms with Gasteiger partial charge in [-0.15, -0.1) is 0 Å². The minimum absolute atomic E-state index is 0.0252. The molecule has 1 aliphatic rings. The number of rotatable bonds is 4. The van der Waals surface area contributed by atoms with E-state index >= 15 is 0 Å². The number of benzene rings is 2. The number of hydrogen-bond acceptors (Lipinski definition) is 5. The summed E-state index contributed by atoms with van der Waals surface area (Å²) in [6, 6.07) is 12.5. The van der Waals surface area contributed by atoms with E-state index in [0.717, 1.165) is 0 Å². The molecule has 3 aromatic rings. The van der Waals surface area contributed by atoms with Gasteiger partial charge in [0, 0.05) is 42.3 Å². The summed E-state index contributed by atoms with van der Waals surface area (Å²) in [6.45, 7) is 3.76. The Morgan fingerprint density at radius 1 is 1.10 bits per heavy atom. The Bertz CT molecular complexity index is 1100. The molecule has 1 atom stereocenters. The highest BCUT2D eigenvalue weighted by Crippen LogP contribution is 2.30. The average Bonchev–Trinajstić information content (AvgIpc) is 2.76. The quantitative estimate of drug-likeness (QED) is 0.544. The fourth-order valence-electron chi connectivity index (χ4n) is 3.45. The molecule has 0 bridgehead atoms. The van der Waals surface area contributed by atoms with Crippen molar-refractivity contribution < 1.29 is 13.9 Å². The zero-order valence-electron chi connectivity index (χ0n) is 16.6. The lowest BCUT2D eigenvalue weighted by Crippen LogP contribution is -2.54. The molecule has 1 aliphatic heterocycles. The highest BCUT2D eigenvalue weighted by Gasteiger charge is 2.29. The van der Waals surface area contributed by atoms with Gasteiger partial charge in [-0.2, -0.15) is 0 Å². The van der Waals surface area contributed by atoms with Gasteiger partial charge in [-0.1, -0.05) is 23.2 Å². The van der Waals surface area contributed by atoms with Gasteiger partial charge in [-0.05, 0) is 49.4 Å². The van der Waals surface area contributed by atoms with Gasteiger partial charge in [0.2, 0.25) is 5.88 Å². The Hall–Kier alpha value is -2.90. The summed E-state index contributed by atoms with van der Waals surface area (Å²) >= 11 is 11.9. The molecule has 1 saturated heterocycles. The molecule has 0 spiro atoms. The van der Waals surface area contributed by atoms with Gasteiger partial charge in [0.25, 0.3) is 5.91 Å². The first-order valence-electron chi connectivity index (χ1n) is 9.67. The molecule has 0 aliphatic carbocycles. The Kier molecular flexibility index (Phi) is 6.25. The van der Waals surface area contributed by atoms with Gasteiger partial charge in [0.15, 0.2) is 0 Å². The van der Waals surface area contributed by atoms with E-state index in [2.05, 4.69) is 14.9 Å². The van der Waals surface area contributed by atoms with E-state index in [0.29, 0.717) is 47.7 Å². The van der Waals surface area contributed by atoms with Gasteiger partial charge in [0.1, 0.15) is 23.7 Å². The standard InChI is InChI=1S/C22H19Cl2FN4O2/c1-14-12-28(8-9-29(14)22(30)15-2-4-16(23)5-3-15)20-11-21(27-13-26-20)31-19-7-6-17(25)10-18(19)24/h2-7,10-11,13-14H,8-9,12H2,1H3/t14-/m1/s1. The molecule has 0 saturated carbocycles. The van der Waals surface area contributed by atoms with Gasteiger partial charge in [0.05, 0.1) is 5.02 Å². The summed E-state index contributed by atoms with van der Waals surface area (Å²) in [4.78, 5) is 25.2. The van der Waals surface area contributed by atoms with Crippen LogP contribution in [0.1, 0.15) is 17.3 Å². The van der Waals surface area contributed by atoms with Crippen LogP contribution in [0.25, 0.3) is 0 Å². The van der Waals surface area contributed by atoms with Gasteiger partial charge < -0.3 is 14.5 Å². The lowest BCUT2D eigenvalue weighted by atomic mass is 10.1. The van der Waals surface area contributed by atoms with Crippen molar-refractivity contribution in [3.05, 3.63) is 76.3 Å². The van der Waals surface area contributed by atoms with Crippen molar-refractivity contribution in [3.8, 4) is 11.6 Å². The molecule has 31 heavy (non-hydrogen) atoms. The largest absolute Gasteiger partial charge is 0.437 e. The van der Waals surface area contributed by atoms with Crippen LogP contribution in [-0.2, 0) is 0 Å². The van der Waals surface area contributed by atoms with Crippen LogP contribution >= 0.6 is 23.2 Å². The number of carbonyl (C=O) groups is 1. The van der Waals surface area contributed by atoms with Crippen LogP contribution in [0, 0.1) is 5.82 Å². The molecule has 2 heterocycles. The normalized spacial score (nSPS) is 16.3. The van der Waals surface area contributed by atoms with E-state index < -0.39 is 5.82 Å². The molecular formula is C22H19Cl2FN4O2. The molecule has 0 radical (unpaired) electrons. The lowest BCUT2D eigenvalue weighted by molar-refractivity contribution is 0.0673. The van der Waals surface area contributed by atoms with Crippen LogP contribution in [0.2, 0.25) is 10.0 Å². The van der Waals surface area contributed by atoms with Gasteiger partial charge in [-0.3, -0.25) is 4.79 Å². The minimum Gasteiger partial charge on any atom is -0.437 e. The molecule has 1 fully saturated rings. The summed E-state index contributed by atoms with van der Waals surface area (Å²) in [5.41, 5.74) is 0.610. The van der Waals surface area contributed by atoms with Crippen LogP contribution in [0.3, 0.4) is 0 Å². The summed E-state index contributed by atoms with van der Waals surface area (Å²) in [5.74, 6) is 0.807. The van der Waals surface area contributed by atoms with Crippen molar-refractivity contribution in [2.45, 2.75) is 13.0 Å². The predicted molar refractivity (Wildman–Crippen MR) is 118 cm³/mol. The second-order valence-electron chi connectivity index (χ2n) is 7.19. The zero-order chi connectivity index (χ0) is 22.0. The van der Waals surface area contributed by atoms with Crippen molar-refractivity contribution in [2.24, 2.45) is 0 Å². The average molecular weight is 461 g/mol. The molecule has 160 valence electrons. The number of piperazine rings is 1. The summed E-state index contributed by atoms with van der Waals surface area (Å²) in [6.07, 6.45) is 1.40. The van der Waals surface area contributed by atoms with Crippen LogP contribution in [0.15, 0.2) is 54.9 Å². The number of nitrogens with zero attached hydrogens (tertiary/aromatic N) is 4. The molecule has 9 heteroatoms. The maximum absolute atomic E-state index is 13.2. The highest BCUT2D eigenvalue weighted by atomic mass is 35.5. The third-order valence-corrected chi connectivity index (χ3v) is 5.59. The summed E-state index contributed by atoms with van der Waals surface area (Å²) in [7, 11) is 0. The number of halogens is 3. The minimum atomic E-state index is -0.444. The first-order chi connectivity index (χ1) is 14.9. The van der Waals surface area contributed by atoms with Crippen molar-refractivity contribution in [2.75, 3.05) is 24.5 Å². The zero-order valence-corrected chi connectivity index (χ0v) is 18.1. The number of anilines is 1. The van der Waals surface area contributed by atoms with E-state index in [1.807, 2.05) is 11.8 Å².